The number of rotatable bonds is 4. The molecular weight excluding hydrogens is 279 g/mol. The quantitative estimate of drug-likeness (QED) is 0.886. The van der Waals surface area contributed by atoms with Crippen LogP contribution in [0.4, 0.5) is 18.9 Å². The van der Waals surface area contributed by atoms with Crippen LogP contribution in [0.5, 0.6) is 11.5 Å². The maximum Gasteiger partial charge on any atom is 0.391 e. The molecule has 0 saturated carbocycles. The van der Waals surface area contributed by atoms with Crippen molar-refractivity contribution in [1.82, 2.24) is 0 Å². The Labute approximate surface area is 112 Å². The van der Waals surface area contributed by atoms with E-state index >= 15 is 0 Å². The number of fused-ring (bicyclic) bond motifs is 1. The van der Waals surface area contributed by atoms with Gasteiger partial charge in [-0.25, -0.2) is 0 Å². The van der Waals surface area contributed by atoms with Gasteiger partial charge in [-0.2, -0.15) is 13.2 Å². The van der Waals surface area contributed by atoms with Crippen LogP contribution in [0.25, 0.3) is 0 Å². The number of nitrogens with one attached hydrogen (secondary N) is 1. The fourth-order valence-electron chi connectivity index (χ4n) is 1.71. The molecule has 8 heteroatoms. The van der Waals surface area contributed by atoms with Crippen molar-refractivity contribution in [3.8, 4) is 11.5 Å². The van der Waals surface area contributed by atoms with Crippen molar-refractivity contribution in [1.29, 1.82) is 0 Å². The molecule has 1 aromatic rings. The molecule has 1 aliphatic heterocycles. The Balaban J connectivity index is 2.02. The minimum atomic E-state index is -4.46. The van der Waals surface area contributed by atoms with Crippen molar-refractivity contribution in [3.05, 3.63) is 18.2 Å². The number of ether oxygens (including phenoxy) is 2. The zero-order valence-corrected chi connectivity index (χ0v) is 10.2. The summed E-state index contributed by atoms with van der Waals surface area (Å²) in [6, 6.07) is 4.63. The van der Waals surface area contributed by atoms with Gasteiger partial charge in [0.15, 0.2) is 6.61 Å². The highest BCUT2D eigenvalue weighted by molar-refractivity contribution is 5.97. The van der Waals surface area contributed by atoms with E-state index in [0.717, 1.165) is 0 Å². The highest BCUT2D eigenvalue weighted by Gasteiger charge is 2.31. The molecule has 20 heavy (non-hydrogen) atoms. The number of benzene rings is 1. The summed E-state index contributed by atoms with van der Waals surface area (Å²) in [5, 5.41) is 11.7. The Bertz CT molecular complexity index is 504. The zero-order valence-electron chi connectivity index (χ0n) is 10.2. The number of hydrogen-bond donors (Lipinski definition) is 2. The first kappa shape index (κ1) is 14.4. The molecule has 1 aromatic carbocycles. The second-order valence-electron chi connectivity index (χ2n) is 4.25. The van der Waals surface area contributed by atoms with Crippen molar-refractivity contribution < 1.29 is 32.5 Å². The molecule has 0 saturated heterocycles. The Kier molecular flexibility index (Phi) is 4.03. The lowest BCUT2D eigenvalue weighted by Gasteiger charge is -2.21. The van der Waals surface area contributed by atoms with E-state index in [4.69, 9.17) is 9.47 Å². The third-order valence-electron chi connectivity index (χ3n) is 2.51. The summed E-state index contributed by atoms with van der Waals surface area (Å²) < 4.78 is 46.4. The van der Waals surface area contributed by atoms with Crippen LogP contribution in [0.2, 0.25) is 0 Å². The monoisotopic (exact) mass is 291 g/mol. The third kappa shape index (κ3) is 3.77. The first-order valence-electron chi connectivity index (χ1n) is 5.78. The average molecular weight is 291 g/mol. The van der Waals surface area contributed by atoms with Crippen molar-refractivity contribution in [3.63, 3.8) is 0 Å². The minimum Gasteiger partial charge on any atom is -0.489 e. The molecule has 0 radical (unpaired) electrons. The molecule has 0 bridgehead atoms. The van der Waals surface area contributed by atoms with Gasteiger partial charge in [0.25, 0.3) is 5.91 Å². The van der Waals surface area contributed by atoms with Gasteiger partial charge in [-0.05, 0) is 12.1 Å². The molecule has 1 amide bonds. The number of anilines is 1. The Morgan fingerprint density at radius 2 is 2.20 bits per heavy atom. The van der Waals surface area contributed by atoms with E-state index in [2.05, 4.69) is 5.32 Å². The molecule has 0 aliphatic carbocycles. The van der Waals surface area contributed by atoms with Crippen molar-refractivity contribution in [2.75, 3.05) is 18.5 Å². The standard InChI is InChI=1S/C12H12F3NO4/c13-12(14,15)4-7(17)5-19-8-2-1-3-9-11(8)16-10(18)6-20-9/h1-3,7,17H,4-6H2,(H,16,18)/t7-/m1/s1. The summed E-state index contributed by atoms with van der Waals surface area (Å²) in [6.45, 7) is -0.668. The van der Waals surface area contributed by atoms with Crippen LogP contribution in [0, 0.1) is 0 Å². The number of carbonyl (C=O) groups is 1. The maximum atomic E-state index is 12.1. The minimum absolute atomic E-state index is 0.132. The smallest absolute Gasteiger partial charge is 0.391 e. The molecule has 1 heterocycles. The van der Waals surface area contributed by atoms with E-state index in [-0.39, 0.29) is 24.0 Å². The van der Waals surface area contributed by atoms with Gasteiger partial charge >= 0.3 is 6.18 Å². The largest absolute Gasteiger partial charge is 0.489 e. The number of amides is 1. The van der Waals surface area contributed by atoms with Gasteiger partial charge in [0, 0.05) is 0 Å². The normalized spacial score (nSPS) is 15.9. The van der Waals surface area contributed by atoms with Crippen molar-refractivity contribution in [2.24, 2.45) is 0 Å². The highest BCUT2D eigenvalue weighted by atomic mass is 19.4. The van der Waals surface area contributed by atoms with Crippen LogP contribution < -0.4 is 14.8 Å². The number of alkyl halides is 3. The van der Waals surface area contributed by atoms with E-state index in [1.54, 1.807) is 12.1 Å². The topological polar surface area (TPSA) is 67.8 Å². The van der Waals surface area contributed by atoms with Crippen LogP contribution in [0.1, 0.15) is 6.42 Å². The molecule has 2 rings (SSSR count). The molecule has 0 unspecified atom stereocenters. The Morgan fingerprint density at radius 3 is 2.90 bits per heavy atom. The number of aliphatic hydroxyl groups excluding tert-OH is 1. The molecular formula is C12H12F3NO4. The number of halogens is 3. The molecule has 2 N–H and O–H groups in total. The van der Waals surface area contributed by atoms with Crippen LogP contribution in [0.3, 0.4) is 0 Å². The third-order valence-corrected chi connectivity index (χ3v) is 2.51. The number of carbonyl (C=O) groups excluding carboxylic acids is 1. The van der Waals surface area contributed by atoms with Gasteiger partial charge < -0.3 is 19.9 Å². The lowest BCUT2D eigenvalue weighted by atomic mass is 10.2. The van der Waals surface area contributed by atoms with Crippen molar-refractivity contribution in [2.45, 2.75) is 18.7 Å². The lowest BCUT2D eigenvalue weighted by molar-refractivity contribution is -0.156. The summed E-state index contributed by atoms with van der Waals surface area (Å²) in [4.78, 5) is 11.2. The number of aliphatic hydroxyl groups is 1. The summed E-state index contributed by atoms with van der Waals surface area (Å²) >= 11 is 0. The first-order valence-corrected chi connectivity index (χ1v) is 5.78. The molecule has 1 aliphatic rings. The van der Waals surface area contributed by atoms with Gasteiger partial charge in [-0.1, -0.05) is 6.07 Å². The molecule has 0 spiro atoms. The highest BCUT2D eigenvalue weighted by Crippen LogP contribution is 2.36. The van der Waals surface area contributed by atoms with E-state index < -0.39 is 25.3 Å². The Hall–Kier alpha value is -1.96. The van der Waals surface area contributed by atoms with Crippen LogP contribution in [-0.4, -0.2) is 36.5 Å². The fourth-order valence-corrected chi connectivity index (χ4v) is 1.71. The number of para-hydroxylation sites is 1. The summed E-state index contributed by atoms with van der Waals surface area (Å²) in [7, 11) is 0. The predicted octanol–water partition coefficient (Wildman–Crippen LogP) is 1.71. The van der Waals surface area contributed by atoms with Gasteiger partial charge in [0.05, 0.1) is 12.5 Å². The van der Waals surface area contributed by atoms with Gasteiger partial charge in [0.2, 0.25) is 0 Å². The number of hydrogen-bond acceptors (Lipinski definition) is 4. The van der Waals surface area contributed by atoms with Gasteiger partial charge in [-0.3, -0.25) is 4.79 Å². The van der Waals surface area contributed by atoms with E-state index in [1.807, 2.05) is 0 Å². The van der Waals surface area contributed by atoms with Crippen LogP contribution >= 0.6 is 0 Å². The fraction of sp³-hybridized carbons (Fsp3) is 0.417. The summed E-state index contributed by atoms with van der Waals surface area (Å²) in [5.74, 6) is 0.133. The van der Waals surface area contributed by atoms with Crippen molar-refractivity contribution >= 4 is 11.6 Å². The maximum absolute atomic E-state index is 12.1. The van der Waals surface area contributed by atoms with Gasteiger partial charge in [0.1, 0.15) is 23.8 Å². The molecule has 0 fully saturated rings. The van der Waals surface area contributed by atoms with Crippen LogP contribution in [0.15, 0.2) is 18.2 Å². The van der Waals surface area contributed by atoms with E-state index in [9.17, 15) is 23.1 Å². The Morgan fingerprint density at radius 1 is 1.45 bits per heavy atom. The van der Waals surface area contributed by atoms with E-state index in [1.165, 1.54) is 6.07 Å². The SMILES string of the molecule is O=C1COc2cccc(OC[C@H](O)CC(F)(F)F)c2N1. The molecule has 0 aromatic heterocycles. The second-order valence-corrected chi connectivity index (χ2v) is 4.25. The summed E-state index contributed by atoms with van der Waals surface area (Å²) in [6.07, 6.45) is -7.49. The van der Waals surface area contributed by atoms with Gasteiger partial charge in [-0.15, -0.1) is 0 Å². The molecule has 110 valence electrons. The average Bonchev–Trinajstić information content (AvgIpc) is 2.34. The predicted molar refractivity (Wildman–Crippen MR) is 62.7 cm³/mol. The van der Waals surface area contributed by atoms with Crippen LogP contribution in [-0.2, 0) is 4.79 Å². The summed E-state index contributed by atoms with van der Waals surface area (Å²) in [5.41, 5.74) is 0.253. The first-order chi connectivity index (χ1) is 9.35. The molecule has 5 nitrogen and oxygen atoms in total. The second kappa shape index (κ2) is 5.58. The lowest BCUT2D eigenvalue weighted by Crippen LogP contribution is -2.27. The van der Waals surface area contributed by atoms with E-state index in [0.29, 0.717) is 5.75 Å². The zero-order chi connectivity index (χ0) is 14.8. The molecule has 1 atom stereocenters.